The molecular formula is C15H15BrClNO. The summed E-state index contributed by atoms with van der Waals surface area (Å²) < 4.78 is 6.12. The largest absolute Gasteiger partial charge is 0.496 e. The van der Waals surface area contributed by atoms with Gasteiger partial charge in [-0.15, -0.1) is 0 Å². The van der Waals surface area contributed by atoms with Crippen molar-refractivity contribution < 1.29 is 4.74 Å². The Labute approximate surface area is 126 Å². The van der Waals surface area contributed by atoms with Crippen LogP contribution < -0.4 is 10.5 Å². The quantitative estimate of drug-likeness (QED) is 0.895. The van der Waals surface area contributed by atoms with Crippen molar-refractivity contribution in [1.82, 2.24) is 0 Å². The highest BCUT2D eigenvalue weighted by Gasteiger charge is 2.12. The zero-order valence-corrected chi connectivity index (χ0v) is 13.1. The monoisotopic (exact) mass is 339 g/mol. The van der Waals surface area contributed by atoms with Crippen molar-refractivity contribution in [2.24, 2.45) is 5.73 Å². The predicted molar refractivity (Wildman–Crippen MR) is 82.9 cm³/mol. The molecule has 0 heterocycles. The lowest BCUT2D eigenvalue weighted by molar-refractivity contribution is 0.411. The molecule has 2 rings (SSSR count). The van der Waals surface area contributed by atoms with Gasteiger partial charge in [-0.25, -0.2) is 0 Å². The summed E-state index contributed by atoms with van der Waals surface area (Å²) in [6, 6.07) is 11.5. The molecular weight excluding hydrogens is 326 g/mol. The van der Waals surface area contributed by atoms with E-state index in [1.807, 2.05) is 43.3 Å². The van der Waals surface area contributed by atoms with Gasteiger partial charge >= 0.3 is 0 Å². The van der Waals surface area contributed by atoms with E-state index in [0.717, 1.165) is 26.9 Å². The molecule has 4 heteroatoms. The first kappa shape index (κ1) is 14.4. The molecule has 0 radical (unpaired) electrons. The minimum absolute atomic E-state index is 0.199. The van der Waals surface area contributed by atoms with Crippen LogP contribution in [0.25, 0.3) is 0 Å². The van der Waals surface area contributed by atoms with E-state index >= 15 is 0 Å². The van der Waals surface area contributed by atoms with E-state index in [4.69, 9.17) is 22.1 Å². The van der Waals surface area contributed by atoms with Crippen molar-refractivity contribution in [2.75, 3.05) is 7.11 Å². The molecule has 100 valence electrons. The minimum atomic E-state index is -0.199. The van der Waals surface area contributed by atoms with Gasteiger partial charge in [-0.2, -0.15) is 0 Å². The molecule has 0 aliphatic carbocycles. The van der Waals surface area contributed by atoms with Crippen LogP contribution in [0.4, 0.5) is 0 Å². The Bertz CT molecular complexity index is 601. The number of methoxy groups -OCH3 is 1. The fourth-order valence-corrected chi connectivity index (χ4v) is 2.43. The zero-order valence-electron chi connectivity index (χ0n) is 10.8. The van der Waals surface area contributed by atoms with Gasteiger partial charge in [0.15, 0.2) is 0 Å². The summed E-state index contributed by atoms with van der Waals surface area (Å²) >= 11 is 9.48. The lowest BCUT2D eigenvalue weighted by Gasteiger charge is -2.15. The van der Waals surface area contributed by atoms with Gasteiger partial charge in [0, 0.05) is 4.47 Å². The van der Waals surface area contributed by atoms with Gasteiger partial charge in [-0.1, -0.05) is 29.8 Å². The highest BCUT2D eigenvalue weighted by atomic mass is 79.9. The van der Waals surface area contributed by atoms with Gasteiger partial charge in [0.1, 0.15) is 5.75 Å². The van der Waals surface area contributed by atoms with E-state index in [-0.39, 0.29) is 6.04 Å². The molecule has 0 amide bonds. The van der Waals surface area contributed by atoms with E-state index in [1.54, 1.807) is 7.11 Å². The predicted octanol–water partition coefficient (Wildman–Crippen LogP) is 4.47. The van der Waals surface area contributed by atoms with Crippen LogP contribution in [-0.2, 0) is 0 Å². The van der Waals surface area contributed by atoms with E-state index in [0.29, 0.717) is 5.02 Å². The van der Waals surface area contributed by atoms with Crippen molar-refractivity contribution in [1.29, 1.82) is 0 Å². The molecule has 0 saturated carbocycles. The first-order valence-electron chi connectivity index (χ1n) is 5.88. The fourth-order valence-electron chi connectivity index (χ4n) is 1.99. The summed E-state index contributed by atoms with van der Waals surface area (Å²) in [5.74, 6) is 0.866. The Morgan fingerprint density at radius 2 is 1.79 bits per heavy atom. The first-order chi connectivity index (χ1) is 9.02. The number of nitrogens with two attached hydrogens (primary N) is 1. The van der Waals surface area contributed by atoms with Crippen LogP contribution in [0.5, 0.6) is 5.75 Å². The molecule has 0 spiro atoms. The second-order valence-corrected chi connectivity index (χ2v) is 5.64. The Morgan fingerprint density at radius 3 is 2.37 bits per heavy atom. The molecule has 2 aromatic rings. The summed E-state index contributed by atoms with van der Waals surface area (Å²) in [5.41, 5.74) is 9.37. The average molecular weight is 341 g/mol. The van der Waals surface area contributed by atoms with Crippen molar-refractivity contribution in [3.63, 3.8) is 0 Å². The van der Waals surface area contributed by atoms with Gasteiger partial charge < -0.3 is 10.5 Å². The topological polar surface area (TPSA) is 35.2 Å². The molecule has 2 aromatic carbocycles. The SMILES string of the molecule is COc1ccc(C(N)c2ccc(Br)c(Cl)c2)cc1C. The van der Waals surface area contributed by atoms with Crippen molar-refractivity contribution in [3.05, 3.63) is 62.6 Å². The van der Waals surface area contributed by atoms with Gasteiger partial charge in [-0.3, -0.25) is 0 Å². The van der Waals surface area contributed by atoms with E-state index in [1.165, 1.54) is 0 Å². The summed E-state index contributed by atoms with van der Waals surface area (Å²) in [4.78, 5) is 0. The number of rotatable bonds is 3. The highest BCUT2D eigenvalue weighted by Crippen LogP contribution is 2.29. The maximum Gasteiger partial charge on any atom is 0.121 e. The number of aryl methyl sites for hydroxylation is 1. The number of ether oxygens (including phenoxy) is 1. The molecule has 2 nitrogen and oxygen atoms in total. The van der Waals surface area contributed by atoms with Crippen LogP contribution in [0.15, 0.2) is 40.9 Å². The smallest absolute Gasteiger partial charge is 0.121 e. The fraction of sp³-hybridized carbons (Fsp3) is 0.200. The van der Waals surface area contributed by atoms with Crippen molar-refractivity contribution in [3.8, 4) is 5.75 Å². The first-order valence-corrected chi connectivity index (χ1v) is 7.05. The van der Waals surface area contributed by atoms with E-state index in [9.17, 15) is 0 Å². The number of benzene rings is 2. The molecule has 0 aliphatic heterocycles. The Kier molecular flexibility index (Phi) is 4.50. The zero-order chi connectivity index (χ0) is 14.0. The van der Waals surface area contributed by atoms with Gasteiger partial charge in [-0.05, 0) is 57.7 Å². The molecule has 0 bridgehead atoms. The summed E-state index contributed by atoms with van der Waals surface area (Å²) in [5, 5.41) is 0.665. The van der Waals surface area contributed by atoms with Crippen molar-refractivity contribution >= 4 is 27.5 Å². The molecule has 1 unspecified atom stereocenters. The van der Waals surface area contributed by atoms with Crippen LogP contribution >= 0.6 is 27.5 Å². The second kappa shape index (κ2) is 5.95. The van der Waals surface area contributed by atoms with Gasteiger partial charge in [0.05, 0.1) is 18.2 Å². The maximum absolute atomic E-state index is 6.28. The standard InChI is InChI=1S/C15H15BrClNO/c1-9-7-10(4-6-14(9)19-2)15(18)11-3-5-12(16)13(17)8-11/h3-8,15H,18H2,1-2H3. The second-order valence-electron chi connectivity index (χ2n) is 4.38. The maximum atomic E-state index is 6.28. The lowest BCUT2D eigenvalue weighted by Crippen LogP contribution is -2.12. The third-order valence-corrected chi connectivity index (χ3v) is 4.31. The lowest BCUT2D eigenvalue weighted by atomic mass is 9.98. The molecule has 1 atom stereocenters. The molecule has 0 fully saturated rings. The summed E-state index contributed by atoms with van der Waals surface area (Å²) in [7, 11) is 1.66. The third-order valence-electron chi connectivity index (χ3n) is 3.08. The van der Waals surface area contributed by atoms with Crippen LogP contribution in [-0.4, -0.2) is 7.11 Å². The summed E-state index contributed by atoms with van der Waals surface area (Å²) in [6.07, 6.45) is 0. The minimum Gasteiger partial charge on any atom is -0.496 e. The number of halogens is 2. The normalized spacial score (nSPS) is 12.3. The van der Waals surface area contributed by atoms with Gasteiger partial charge in [0.25, 0.3) is 0 Å². The Balaban J connectivity index is 2.35. The molecule has 2 N–H and O–H groups in total. The molecule has 0 aliphatic rings. The Hall–Kier alpha value is -1.03. The number of hydrogen-bond acceptors (Lipinski definition) is 2. The van der Waals surface area contributed by atoms with E-state index in [2.05, 4.69) is 15.9 Å². The number of hydrogen-bond donors (Lipinski definition) is 1. The van der Waals surface area contributed by atoms with E-state index < -0.39 is 0 Å². The third kappa shape index (κ3) is 3.11. The van der Waals surface area contributed by atoms with Crippen LogP contribution in [0.2, 0.25) is 5.02 Å². The average Bonchev–Trinajstić information content (AvgIpc) is 2.41. The Morgan fingerprint density at radius 1 is 1.16 bits per heavy atom. The molecule has 0 aromatic heterocycles. The highest BCUT2D eigenvalue weighted by molar-refractivity contribution is 9.10. The molecule has 19 heavy (non-hydrogen) atoms. The van der Waals surface area contributed by atoms with Crippen LogP contribution in [0.1, 0.15) is 22.7 Å². The molecule has 0 saturated heterocycles. The van der Waals surface area contributed by atoms with Crippen molar-refractivity contribution in [2.45, 2.75) is 13.0 Å². The van der Waals surface area contributed by atoms with Crippen LogP contribution in [0.3, 0.4) is 0 Å². The van der Waals surface area contributed by atoms with Crippen LogP contribution in [0, 0.1) is 6.92 Å². The van der Waals surface area contributed by atoms with Gasteiger partial charge in [0.2, 0.25) is 0 Å². The summed E-state index contributed by atoms with van der Waals surface area (Å²) in [6.45, 7) is 2.00.